The Morgan fingerprint density at radius 2 is 2.00 bits per heavy atom. The Kier molecular flexibility index (Phi) is 6.58. The van der Waals surface area contributed by atoms with E-state index in [1.165, 1.54) is 22.3 Å². The molecule has 0 atom stereocenters. The number of aryl methyl sites for hydroxylation is 1. The van der Waals surface area contributed by atoms with E-state index >= 15 is 0 Å². The zero-order valence-electron chi connectivity index (χ0n) is 15.4. The summed E-state index contributed by atoms with van der Waals surface area (Å²) >= 11 is 6.86. The normalized spacial score (nSPS) is 13.2. The summed E-state index contributed by atoms with van der Waals surface area (Å²) in [6.45, 7) is 2.07. The molecule has 0 fully saturated rings. The van der Waals surface area contributed by atoms with Gasteiger partial charge in [0.2, 0.25) is 0 Å². The number of nitrogens with one attached hydrogen (secondary N) is 2. The number of esters is 1. The zero-order valence-corrected chi connectivity index (χ0v) is 17.1. The number of nitro groups is 1. The van der Waals surface area contributed by atoms with Gasteiger partial charge >= 0.3 is 5.97 Å². The van der Waals surface area contributed by atoms with Gasteiger partial charge in [-0.2, -0.15) is 0 Å². The van der Waals surface area contributed by atoms with Gasteiger partial charge in [-0.3, -0.25) is 10.1 Å². The SMILES string of the molecule is CCOC(=O)c1c(NC(=S)Nc2ccccc2[N+](=O)[O-])sc2c1CCCCC2. The Hall–Kier alpha value is -2.52. The summed E-state index contributed by atoms with van der Waals surface area (Å²) in [6.07, 6.45) is 5.04. The maximum Gasteiger partial charge on any atom is 0.341 e. The fourth-order valence-electron chi connectivity index (χ4n) is 3.25. The highest BCUT2D eigenvalue weighted by Crippen LogP contribution is 2.38. The summed E-state index contributed by atoms with van der Waals surface area (Å²) in [4.78, 5) is 24.5. The van der Waals surface area contributed by atoms with Crippen LogP contribution in [0.2, 0.25) is 0 Å². The van der Waals surface area contributed by atoms with Crippen molar-refractivity contribution in [1.82, 2.24) is 0 Å². The Labute approximate surface area is 172 Å². The Bertz CT molecular complexity index is 911. The van der Waals surface area contributed by atoms with E-state index in [-0.39, 0.29) is 16.8 Å². The van der Waals surface area contributed by atoms with Gasteiger partial charge in [-0.05, 0) is 56.5 Å². The first kappa shape index (κ1) is 20.2. The third-order valence-corrected chi connectivity index (χ3v) is 5.89. The van der Waals surface area contributed by atoms with Gasteiger partial charge in [0, 0.05) is 10.9 Å². The van der Waals surface area contributed by atoms with Gasteiger partial charge in [-0.15, -0.1) is 11.3 Å². The molecule has 7 nitrogen and oxygen atoms in total. The molecule has 0 aliphatic heterocycles. The van der Waals surface area contributed by atoms with Crippen LogP contribution in [0.25, 0.3) is 0 Å². The Morgan fingerprint density at radius 1 is 1.25 bits per heavy atom. The average molecular weight is 420 g/mol. The summed E-state index contributed by atoms with van der Waals surface area (Å²) in [5.41, 5.74) is 1.80. The lowest BCUT2D eigenvalue weighted by atomic mass is 10.1. The molecule has 1 aromatic heterocycles. The molecule has 28 heavy (non-hydrogen) atoms. The van der Waals surface area contributed by atoms with E-state index in [1.807, 2.05) is 0 Å². The molecule has 1 aliphatic rings. The molecule has 1 aromatic carbocycles. The number of anilines is 2. The molecule has 0 radical (unpaired) electrons. The topological polar surface area (TPSA) is 93.5 Å². The number of para-hydroxylation sites is 2. The number of nitrogens with zero attached hydrogens (tertiary/aromatic N) is 1. The van der Waals surface area contributed by atoms with E-state index in [2.05, 4.69) is 10.6 Å². The summed E-state index contributed by atoms with van der Waals surface area (Å²) in [5, 5.41) is 17.9. The monoisotopic (exact) mass is 419 g/mol. The number of hydrogen-bond acceptors (Lipinski definition) is 6. The third-order valence-electron chi connectivity index (χ3n) is 4.48. The second-order valence-electron chi connectivity index (χ2n) is 6.34. The summed E-state index contributed by atoms with van der Waals surface area (Å²) < 4.78 is 5.26. The molecule has 0 spiro atoms. The van der Waals surface area contributed by atoms with Crippen molar-refractivity contribution in [2.24, 2.45) is 0 Å². The molecule has 0 saturated carbocycles. The van der Waals surface area contributed by atoms with Crippen LogP contribution in [0.4, 0.5) is 16.4 Å². The maximum absolute atomic E-state index is 12.6. The van der Waals surface area contributed by atoms with Crippen molar-refractivity contribution in [3.8, 4) is 0 Å². The van der Waals surface area contributed by atoms with Crippen molar-refractivity contribution in [3.63, 3.8) is 0 Å². The molecule has 0 unspecified atom stereocenters. The number of carbonyl (C=O) groups is 1. The third kappa shape index (κ3) is 4.48. The van der Waals surface area contributed by atoms with Crippen LogP contribution in [-0.4, -0.2) is 22.6 Å². The van der Waals surface area contributed by atoms with Crippen molar-refractivity contribution in [2.75, 3.05) is 17.2 Å². The van der Waals surface area contributed by atoms with Gasteiger partial charge in [0.05, 0.1) is 17.1 Å². The number of benzene rings is 1. The van der Waals surface area contributed by atoms with Crippen molar-refractivity contribution in [1.29, 1.82) is 0 Å². The summed E-state index contributed by atoms with van der Waals surface area (Å²) in [5.74, 6) is -0.363. The van der Waals surface area contributed by atoms with E-state index in [0.717, 1.165) is 37.7 Å². The number of thiocarbonyl (C=S) groups is 1. The zero-order chi connectivity index (χ0) is 20.1. The standard InChI is InChI=1S/C19H21N3O4S2/c1-2-26-18(23)16-12-8-4-3-5-11-15(12)28-17(16)21-19(27)20-13-9-6-7-10-14(13)22(24)25/h6-7,9-10H,2-5,8,11H2,1H3,(H2,20,21,27). The molecule has 2 N–H and O–H groups in total. The molecule has 2 aromatic rings. The average Bonchev–Trinajstić information content (AvgIpc) is 2.82. The van der Waals surface area contributed by atoms with Gasteiger partial charge < -0.3 is 15.4 Å². The molecule has 0 amide bonds. The number of nitro benzene ring substituents is 1. The molecule has 9 heteroatoms. The van der Waals surface area contributed by atoms with Crippen LogP contribution in [0, 0.1) is 10.1 Å². The first-order valence-corrected chi connectivity index (χ1v) is 10.4. The quantitative estimate of drug-likeness (QED) is 0.234. The predicted octanol–water partition coefficient (Wildman–Crippen LogP) is 4.91. The van der Waals surface area contributed by atoms with E-state index in [0.29, 0.717) is 22.9 Å². The van der Waals surface area contributed by atoms with Crippen LogP contribution in [0.1, 0.15) is 47.0 Å². The van der Waals surface area contributed by atoms with E-state index in [4.69, 9.17) is 17.0 Å². The highest BCUT2D eigenvalue weighted by Gasteiger charge is 2.26. The van der Waals surface area contributed by atoms with Crippen molar-refractivity contribution < 1.29 is 14.5 Å². The number of carbonyl (C=O) groups excluding carboxylic acids is 1. The molecular formula is C19H21N3O4S2. The van der Waals surface area contributed by atoms with E-state index in [9.17, 15) is 14.9 Å². The highest BCUT2D eigenvalue weighted by molar-refractivity contribution is 7.80. The molecule has 0 saturated heterocycles. The molecule has 148 valence electrons. The summed E-state index contributed by atoms with van der Waals surface area (Å²) in [7, 11) is 0. The minimum absolute atomic E-state index is 0.0702. The molecule has 3 rings (SSSR count). The number of thiophene rings is 1. The highest BCUT2D eigenvalue weighted by atomic mass is 32.1. The van der Waals surface area contributed by atoms with Gasteiger partial charge in [0.25, 0.3) is 5.69 Å². The van der Waals surface area contributed by atoms with Crippen LogP contribution in [0.3, 0.4) is 0 Å². The van der Waals surface area contributed by atoms with Gasteiger partial charge in [-0.1, -0.05) is 18.6 Å². The largest absolute Gasteiger partial charge is 0.462 e. The molecular weight excluding hydrogens is 398 g/mol. The maximum atomic E-state index is 12.6. The van der Waals surface area contributed by atoms with Gasteiger partial charge in [-0.25, -0.2) is 4.79 Å². The number of fused-ring (bicyclic) bond motifs is 1. The molecule has 1 heterocycles. The summed E-state index contributed by atoms with van der Waals surface area (Å²) in [6, 6.07) is 6.27. The molecule has 1 aliphatic carbocycles. The second-order valence-corrected chi connectivity index (χ2v) is 7.86. The predicted molar refractivity (Wildman–Crippen MR) is 114 cm³/mol. The first-order valence-electron chi connectivity index (χ1n) is 9.14. The van der Waals surface area contributed by atoms with Gasteiger partial charge in [0.1, 0.15) is 10.7 Å². The van der Waals surface area contributed by atoms with Crippen LogP contribution >= 0.6 is 23.6 Å². The lowest BCUT2D eigenvalue weighted by Crippen LogP contribution is -2.21. The second kappa shape index (κ2) is 9.11. The number of hydrogen-bond donors (Lipinski definition) is 2. The number of rotatable bonds is 5. The van der Waals surface area contributed by atoms with Crippen LogP contribution in [0.15, 0.2) is 24.3 Å². The van der Waals surface area contributed by atoms with Crippen LogP contribution in [-0.2, 0) is 17.6 Å². The van der Waals surface area contributed by atoms with E-state index < -0.39 is 4.92 Å². The lowest BCUT2D eigenvalue weighted by Gasteiger charge is -2.12. The lowest BCUT2D eigenvalue weighted by molar-refractivity contribution is -0.383. The fourth-order valence-corrected chi connectivity index (χ4v) is 4.80. The fraction of sp³-hybridized carbons (Fsp3) is 0.368. The van der Waals surface area contributed by atoms with Crippen molar-refractivity contribution in [2.45, 2.75) is 39.0 Å². The minimum atomic E-state index is -0.470. The smallest absolute Gasteiger partial charge is 0.341 e. The van der Waals surface area contributed by atoms with Crippen LogP contribution < -0.4 is 10.6 Å². The minimum Gasteiger partial charge on any atom is -0.462 e. The molecule has 0 bridgehead atoms. The van der Waals surface area contributed by atoms with Crippen molar-refractivity contribution >= 4 is 51.0 Å². The van der Waals surface area contributed by atoms with Crippen LogP contribution in [0.5, 0.6) is 0 Å². The Morgan fingerprint density at radius 3 is 2.75 bits per heavy atom. The Balaban J connectivity index is 1.86. The van der Waals surface area contributed by atoms with Crippen molar-refractivity contribution in [3.05, 3.63) is 50.4 Å². The first-order chi connectivity index (χ1) is 13.5. The number of ether oxygens (including phenoxy) is 1. The van der Waals surface area contributed by atoms with E-state index in [1.54, 1.807) is 25.1 Å². The van der Waals surface area contributed by atoms with Gasteiger partial charge in [0.15, 0.2) is 5.11 Å².